The molecule has 1 N–H and O–H groups in total. The number of benzene rings is 2. The van der Waals surface area contributed by atoms with Gasteiger partial charge in [0, 0.05) is 23.3 Å². The van der Waals surface area contributed by atoms with E-state index in [1.54, 1.807) is 36.2 Å². The molecule has 0 fully saturated rings. The number of nitrogens with zero attached hydrogens (tertiary/aromatic N) is 3. The average Bonchev–Trinajstić information content (AvgIpc) is 3.14. The van der Waals surface area contributed by atoms with Crippen LogP contribution in [0, 0.1) is 0 Å². The second-order valence-electron chi connectivity index (χ2n) is 5.48. The van der Waals surface area contributed by atoms with Crippen molar-refractivity contribution in [2.75, 3.05) is 23.0 Å². The van der Waals surface area contributed by atoms with E-state index in [1.165, 1.54) is 23.1 Å². The first-order valence-corrected chi connectivity index (χ1v) is 10.8. The van der Waals surface area contributed by atoms with Crippen molar-refractivity contribution in [3.8, 4) is 0 Å². The van der Waals surface area contributed by atoms with Crippen LogP contribution >= 0.6 is 34.9 Å². The fraction of sp³-hybridized carbons (Fsp3) is 0.167. The summed E-state index contributed by atoms with van der Waals surface area (Å²) in [4.78, 5) is 14.4. The van der Waals surface area contributed by atoms with Crippen molar-refractivity contribution in [2.45, 2.75) is 15.0 Å². The largest absolute Gasteiger partial charge is 0.330 e. The van der Waals surface area contributed by atoms with E-state index in [0.717, 1.165) is 11.4 Å². The molecule has 0 bridgehead atoms. The molecule has 1 amide bonds. The highest BCUT2D eigenvalue weighted by atomic mass is 32.2. The number of halogens is 2. The molecule has 0 radical (unpaired) electrons. The number of rotatable bonds is 8. The Hall–Kier alpha value is -2.17. The average molecular weight is 439 g/mol. The van der Waals surface area contributed by atoms with Crippen LogP contribution in [0.5, 0.6) is 0 Å². The van der Waals surface area contributed by atoms with Gasteiger partial charge in [0.1, 0.15) is 0 Å². The Bertz CT molecular complexity index is 907. The minimum atomic E-state index is -2.44. The number of thioether (sulfide) groups is 2. The lowest BCUT2D eigenvalue weighted by Gasteiger charge is -2.16. The van der Waals surface area contributed by atoms with Crippen LogP contribution in [0.4, 0.5) is 25.3 Å². The number of para-hydroxylation sites is 1. The Morgan fingerprint density at radius 1 is 1.14 bits per heavy atom. The number of nitrogens with one attached hydrogen (secondary N) is 1. The van der Waals surface area contributed by atoms with Crippen LogP contribution < -0.4 is 10.2 Å². The minimum absolute atomic E-state index is 0.0342. The van der Waals surface area contributed by atoms with Crippen LogP contribution in [-0.2, 0) is 4.79 Å². The summed E-state index contributed by atoms with van der Waals surface area (Å²) >= 11 is 3.15. The van der Waals surface area contributed by atoms with Crippen LogP contribution in [0.3, 0.4) is 0 Å². The van der Waals surface area contributed by atoms with Crippen molar-refractivity contribution in [1.29, 1.82) is 0 Å². The molecule has 2 aromatic carbocycles. The summed E-state index contributed by atoms with van der Waals surface area (Å²) in [5, 5.41) is 11.8. The van der Waals surface area contributed by atoms with E-state index in [-0.39, 0.29) is 11.7 Å². The fourth-order valence-electron chi connectivity index (χ4n) is 2.18. The molecule has 0 aliphatic heterocycles. The summed E-state index contributed by atoms with van der Waals surface area (Å²) < 4.78 is 25.4. The predicted octanol–water partition coefficient (Wildman–Crippen LogP) is 5.35. The summed E-state index contributed by atoms with van der Waals surface area (Å²) in [5.74, 6) is -2.22. The maximum atomic E-state index is 12.3. The lowest BCUT2D eigenvalue weighted by atomic mass is 10.3. The topological polar surface area (TPSA) is 58.1 Å². The monoisotopic (exact) mass is 438 g/mol. The Kier molecular flexibility index (Phi) is 7.24. The molecule has 1 aromatic heterocycles. The third-order valence-electron chi connectivity index (χ3n) is 3.57. The Balaban J connectivity index is 1.52. The Morgan fingerprint density at radius 3 is 2.54 bits per heavy atom. The fourth-order valence-corrected chi connectivity index (χ4v) is 4.36. The first-order chi connectivity index (χ1) is 13.5. The Labute approximate surface area is 173 Å². The van der Waals surface area contributed by atoms with Gasteiger partial charge in [0.2, 0.25) is 11.0 Å². The van der Waals surface area contributed by atoms with Crippen molar-refractivity contribution >= 4 is 57.3 Å². The first-order valence-electron chi connectivity index (χ1n) is 8.11. The van der Waals surface area contributed by atoms with Gasteiger partial charge in [0.05, 0.1) is 5.75 Å². The summed E-state index contributed by atoms with van der Waals surface area (Å²) in [5.41, 5.74) is 1.56. The molecule has 1 heterocycles. The van der Waals surface area contributed by atoms with Crippen molar-refractivity contribution in [2.24, 2.45) is 0 Å². The van der Waals surface area contributed by atoms with E-state index >= 15 is 0 Å². The number of aromatic nitrogens is 2. The van der Waals surface area contributed by atoms with Crippen molar-refractivity contribution in [3.05, 3.63) is 54.6 Å². The van der Waals surface area contributed by atoms with Gasteiger partial charge in [0.25, 0.3) is 5.76 Å². The molecule has 0 unspecified atom stereocenters. The lowest BCUT2D eigenvalue weighted by molar-refractivity contribution is -0.115. The number of anilines is 3. The third kappa shape index (κ3) is 5.91. The van der Waals surface area contributed by atoms with E-state index in [2.05, 4.69) is 15.5 Å². The molecular formula is C18H16F2N4OS3. The zero-order valence-corrected chi connectivity index (χ0v) is 17.2. The number of carbonyl (C=O) groups excluding carboxylic acids is 1. The van der Waals surface area contributed by atoms with Crippen LogP contribution in [0.15, 0.2) is 63.8 Å². The standard InChI is InChI=1S/C18H16F2N4OS3/c1-24(13-5-3-2-4-6-13)15(25)11-26-18-23-22-17(28-18)21-12-7-9-14(10-8-12)27-16(19)20/h2-10,16H,11H2,1H3,(H,21,22). The molecular weight excluding hydrogens is 422 g/mol. The van der Waals surface area contributed by atoms with Gasteiger partial charge in [0.15, 0.2) is 4.34 Å². The van der Waals surface area contributed by atoms with E-state index < -0.39 is 5.76 Å². The molecule has 0 atom stereocenters. The molecule has 5 nitrogen and oxygen atoms in total. The van der Waals surface area contributed by atoms with Gasteiger partial charge in [-0.25, -0.2) is 0 Å². The predicted molar refractivity (Wildman–Crippen MR) is 112 cm³/mol. The number of alkyl halides is 2. The highest BCUT2D eigenvalue weighted by Gasteiger charge is 2.13. The smallest absolute Gasteiger partial charge is 0.288 e. The maximum Gasteiger partial charge on any atom is 0.288 e. The molecule has 0 spiro atoms. The Morgan fingerprint density at radius 2 is 1.86 bits per heavy atom. The molecule has 0 saturated heterocycles. The van der Waals surface area contributed by atoms with E-state index in [9.17, 15) is 13.6 Å². The number of carbonyl (C=O) groups is 1. The molecule has 0 aliphatic rings. The third-order valence-corrected chi connectivity index (χ3v) is 6.25. The van der Waals surface area contributed by atoms with Crippen LogP contribution in [0.2, 0.25) is 0 Å². The second-order valence-corrected chi connectivity index (χ2v) is 8.74. The molecule has 3 rings (SSSR count). The quantitative estimate of drug-likeness (QED) is 0.479. The minimum Gasteiger partial charge on any atom is -0.330 e. The van der Waals surface area contributed by atoms with E-state index in [4.69, 9.17) is 0 Å². The molecule has 146 valence electrons. The SMILES string of the molecule is CN(C(=O)CSc1nnc(Nc2ccc(SC(F)F)cc2)s1)c1ccccc1. The zero-order valence-electron chi connectivity index (χ0n) is 14.7. The number of hydrogen-bond donors (Lipinski definition) is 1. The molecule has 10 heteroatoms. The van der Waals surface area contributed by atoms with Gasteiger partial charge < -0.3 is 10.2 Å². The first kappa shape index (κ1) is 20.6. The molecule has 0 saturated carbocycles. The van der Waals surface area contributed by atoms with Gasteiger partial charge in [-0.3, -0.25) is 4.79 Å². The van der Waals surface area contributed by atoms with Crippen LogP contribution in [0.1, 0.15) is 0 Å². The second kappa shape index (κ2) is 9.85. The number of hydrogen-bond acceptors (Lipinski definition) is 7. The van der Waals surface area contributed by atoms with Gasteiger partial charge >= 0.3 is 0 Å². The molecule has 3 aromatic rings. The van der Waals surface area contributed by atoms with Crippen molar-refractivity contribution in [3.63, 3.8) is 0 Å². The van der Waals surface area contributed by atoms with E-state index in [1.807, 2.05) is 30.3 Å². The summed E-state index contributed by atoms with van der Waals surface area (Å²) in [6, 6.07) is 16.1. The van der Waals surface area contributed by atoms with Gasteiger partial charge in [-0.15, -0.1) is 10.2 Å². The van der Waals surface area contributed by atoms with Crippen LogP contribution in [0.25, 0.3) is 0 Å². The summed E-state index contributed by atoms with van der Waals surface area (Å²) in [6.45, 7) is 0. The van der Waals surface area contributed by atoms with Gasteiger partial charge in [-0.05, 0) is 36.4 Å². The van der Waals surface area contributed by atoms with E-state index in [0.29, 0.717) is 26.1 Å². The zero-order chi connectivity index (χ0) is 19.9. The molecule has 28 heavy (non-hydrogen) atoms. The highest BCUT2D eigenvalue weighted by molar-refractivity contribution is 8.01. The number of amides is 1. The maximum absolute atomic E-state index is 12.3. The highest BCUT2D eigenvalue weighted by Crippen LogP contribution is 2.30. The normalized spacial score (nSPS) is 10.9. The van der Waals surface area contributed by atoms with Crippen molar-refractivity contribution < 1.29 is 13.6 Å². The summed E-state index contributed by atoms with van der Waals surface area (Å²) in [7, 11) is 1.74. The van der Waals surface area contributed by atoms with Crippen molar-refractivity contribution in [1.82, 2.24) is 10.2 Å². The van der Waals surface area contributed by atoms with Gasteiger partial charge in [-0.1, -0.05) is 53.1 Å². The lowest BCUT2D eigenvalue weighted by Crippen LogP contribution is -2.27. The molecule has 0 aliphatic carbocycles. The van der Waals surface area contributed by atoms with Gasteiger partial charge in [-0.2, -0.15) is 8.78 Å². The summed E-state index contributed by atoms with van der Waals surface area (Å²) in [6.07, 6.45) is 0. The van der Waals surface area contributed by atoms with Crippen LogP contribution in [-0.4, -0.2) is 34.7 Å².